The van der Waals surface area contributed by atoms with E-state index < -0.39 is 12.6 Å². The average molecular weight is 418 g/mol. The van der Waals surface area contributed by atoms with Crippen LogP contribution in [0.5, 0.6) is 23.0 Å². The van der Waals surface area contributed by atoms with Crippen LogP contribution < -0.4 is 9.47 Å². The van der Waals surface area contributed by atoms with Crippen LogP contribution in [-0.4, -0.2) is 51.2 Å². The van der Waals surface area contributed by atoms with Crippen molar-refractivity contribution < 1.29 is 38.6 Å². The van der Waals surface area contributed by atoms with Gasteiger partial charge in [0.25, 0.3) is 0 Å². The van der Waals surface area contributed by atoms with Gasteiger partial charge in [-0.3, -0.25) is 0 Å². The Morgan fingerprint density at radius 1 is 0.667 bits per heavy atom. The summed E-state index contributed by atoms with van der Waals surface area (Å²) in [6.07, 6.45) is -1.85. The number of benzene rings is 2. The highest BCUT2D eigenvalue weighted by molar-refractivity contribution is 5.44. The summed E-state index contributed by atoms with van der Waals surface area (Å²) in [4.78, 5) is 0. The van der Waals surface area contributed by atoms with Crippen LogP contribution in [0.25, 0.3) is 0 Å². The molecular weight excluding hydrogens is 392 g/mol. The molecular formula is C22H26O8. The second-order valence-electron chi connectivity index (χ2n) is 7.34. The van der Waals surface area contributed by atoms with Gasteiger partial charge in [-0.1, -0.05) is 12.1 Å². The fourth-order valence-electron chi connectivity index (χ4n) is 4.47. The monoisotopic (exact) mass is 418 g/mol. The molecule has 0 aliphatic carbocycles. The van der Waals surface area contributed by atoms with Gasteiger partial charge < -0.3 is 38.6 Å². The van der Waals surface area contributed by atoms with Crippen molar-refractivity contribution in [2.75, 3.05) is 28.4 Å². The van der Waals surface area contributed by atoms with Gasteiger partial charge in [-0.15, -0.1) is 0 Å². The summed E-state index contributed by atoms with van der Waals surface area (Å²) < 4.78 is 34.4. The van der Waals surface area contributed by atoms with Crippen molar-refractivity contribution in [3.8, 4) is 23.0 Å². The Bertz CT molecular complexity index is 827. The Morgan fingerprint density at radius 3 is 1.40 bits per heavy atom. The molecule has 2 heterocycles. The van der Waals surface area contributed by atoms with Gasteiger partial charge >= 0.3 is 0 Å². The highest BCUT2D eigenvalue weighted by Gasteiger charge is 2.59. The molecule has 2 fully saturated rings. The summed E-state index contributed by atoms with van der Waals surface area (Å²) >= 11 is 0. The predicted octanol–water partition coefficient (Wildman–Crippen LogP) is 3.14. The van der Waals surface area contributed by atoms with Crippen LogP contribution in [0.15, 0.2) is 36.4 Å². The van der Waals surface area contributed by atoms with E-state index in [1.807, 2.05) is 0 Å². The third-order valence-electron chi connectivity index (χ3n) is 5.86. The molecule has 2 aromatic carbocycles. The quantitative estimate of drug-likeness (QED) is 0.739. The van der Waals surface area contributed by atoms with Gasteiger partial charge in [0.15, 0.2) is 35.6 Å². The Labute approximate surface area is 174 Å². The molecule has 2 saturated heterocycles. The standard InChI is InChI=1S/C22H26O8/c1-25-15-9-11(5-7-13(15)23)19-17-18(22(28-4)29-19)20(30-21(17)27-3)12-6-8-14(24)16(10-12)26-2/h5-10,17-24H,1-4H3/t17-,18-,19+,20+,21-,22-/m0/s1. The number of fused-ring (bicyclic) bond motifs is 1. The molecule has 4 rings (SSSR count). The van der Waals surface area contributed by atoms with Crippen LogP contribution in [0, 0.1) is 11.8 Å². The molecule has 8 nitrogen and oxygen atoms in total. The van der Waals surface area contributed by atoms with Gasteiger partial charge in [0.05, 0.1) is 38.3 Å². The van der Waals surface area contributed by atoms with Crippen molar-refractivity contribution in [3.05, 3.63) is 47.5 Å². The van der Waals surface area contributed by atoms with E-state index in [-0.39, 0.29) is 35.5 Å². The van der Waals surface area contributed by atoms with Crippen molar-refractivity contribution in [3.63, 3.8) is 0 Å². The minimum absolute atomic E-state index is 0.0547. The lowest BCUT2D eigenvalue weighted by Gasteiger charge is -2.24. The van der Waals surface area contributed by atoms with Gasteiger partial charge in [0, 0.05) is 14.2 Å². The zero-order valence-corrected chi connectivity index (χ0v) is 17.3. The molecule has 0 bridgehead atoms. The van der Waals surface area contributed by atoms with Crippen LogP contribution in [0.3, 0.4) is 0 Å². The van der Waals surface area contributed by atoms with Gasteiger partial charge in [-0.05, 0) is 35.4 Å². The van der Waals surface area contributed by atoms with E-state index in [0.29, 0.717) is 11.5 Å². The SMILES string of the molecule is COc1cc([C@H]2O[C@H](OC)[C@H]3[C@@H]2[C@@H](OC)O[C@@H]3c2ccc(O)c(OC)c2)ccc1O. The smallest absolute Gasteiger partial charge is 0.164 e. The molecule has 2 aliphatic heterocycles. The van der Waals surface area contributed by atoms with E-state index in [9.17, 15) is 10.2 Å². The van der Waals surface area contributed by atoms with Crippen molar-refractivity contribution in [2.45, 2.75) is 24.8 Å². The first kappa shape index (κ1) is 20.7. The molecule has 0 unspecified atom stereocenters. The van der Waals surface area contributed by atoms with E-state index in [0.717, 1.165) is 11.1 Å². The maximum Gasteiger partial charge on any atom is 0.164 e. The van der Waals surface area contributed by atoms with E-state index in [1.165, 1.54) is 14.2 Å². The molecule has 2 N–H and O–H groups in total. The summed E-state index contributed by atoms with van der Waals surface area (Å²) in [6.45, 7) is 0. The molecule has 162 valence electrons. The molecule has 0 amide bonds. The van der Waals surface area contributed by atoms with Gasteiger partial charge in [0.1, 0.15) is 0 Å². The number of aromatic hydroxyl groups is 2. The molecule has 2 aliphatic rings. The molecule has 2 aromatic rings. The van der Waals surface area contributed by atoms with Crippen LogP contribution in [0.4, 0.5) is 0 Å². The summed E-state index contributed by atoms with van der Waals surface area (Å²) in [6, 6.07) is 10.2. The highest BCUT2D eigenvalue weighted by atomic mass is 16.7. The van der Waals surface area contributed by atoms with Crippen molar-refractivity contribution in [2.24, 2.45) is 11.8 Å². The Balaban J connectivity index is 1.73. The number of ether oxygens (including phenoxy) is 6. The van der Waals surface area contributed by atoms with Gasteiger partial charge in [-0.2, -0.15) is 0 Å². The van der Waals surface area contributed by atoms with E-state index in [2.05, 4.69) is 0 Å². The minimum Gasteiger partial charge on any atom is -0.504 e. The predicted molar refractivity (Wildman–Crippen MR) is 106 cm³/mol. The summed E-state index contributed by atoms with van der Waals surface area (Å²) in [7, 11) is 6.19. The maximum atomic E-state index is 9.95. The molecule has 6 atom stereocenters. The topological polar surface area (TPSA) is 95.8 Å². The van der Waals surface area contributed by atoms with Crippen molar-refractivity contribution in [1.82, 2.24) is 0 Å². The van der Waals surface area contributed by atoms with Gasteiger partial charge in [-0.25, -0.2) is 0 Å². The van der Waals surface area contributed by atoms with E-state index in [1.54, 1.807) is 50.6 Å². The number of phenolic OH excluding ortho intramolecular Hbond substituents is 2. The second kappa shape index (κ2) is 8.31. The third kappa shape index (κ3) is 3.35. The van der Waals surface area contributed by atoms with E-state index in [4.69, 9.17) is 28.4 Å². The molecule has 8 heteroatoms. The fraction of sp³-hybridized carbons (Fsp3) is 0.455. The lowest BCUT2D eigenvalue weighted by molar-refractivity contribution is -0.190. The Kier molecular flexibility index (Phi) is 5.75. The molecule has 0 spiro atoms. The molecule has 0 radical (unpaired) electrons. The molecule has 0 saturated carbocycles. The largest absolute Gasteiger partial charge is 0.504 e. The average Bonchev–Trinajstić information content (AvgIpc) is 3.33. The summed E-state index contributed by atoms with van der Waals surface area (Å²) in [5, 5.41) is 19.9. The lowest BCUT2D eigenvalue weighted by atomic mass is 9.83. The first-order valence-corrected chi connectivity index (χ1v) is 9.62. The van der Waals surface area contributed by atoms with Gasteiger partial charge in [0.2, 0.25) is 0 Å². The zero-order valence-electron chi connectivity index (χ0n) is 17.3. The first-order valence-electron chi connectivity index (χ1n) is 9.62. The molecule has 0 aromatic heterocycles. The van der Waals surface area contributed by atoms with Crippen LogP contribution in [0.2, 0.25) is 0 Å². The minimum atomic E-state index is -0.537. The Morgan fingerprint density at radius 2 is 1.07 bits per heavy atom. The fourth-order valence-corrected chi connectivity index (χ4v) is 4.47. The number of rotatable bonds is 6. The first-order chi connectivity index (χ1) is 14.5. The molecule has 30 heavy (non-hydrogen) atoms. The number of hydrogen-bond acceptors (Lipinski definition) is 8. The zero-order chi connectivity index (χ0) is 21.4. The Hall–Kier alpha value is -2.52. The highest BCUT2D eigenvalue weighted by Crippen LogP contribution is 2.57. The lowest BCUT2D eigenvalue weighted by Crippen LogP contribution is -2.26. The summed E-state index contributed by atoms with van der Waals surface area (Å²) in [5.74, 6) is 0.499. The van der Waals surface area contributed by atoms with Crippen molar-refractivity contribution in [1.29, 1.82) is 0 Å². The van der Waals surface area contributed by atoms with Crippen LogP contribution >= 0.6 is 0 Å². The second-order valence-corrected chi connectivity index (χ2v) is 7.34. The third-order valence-corrected chi connectivity index (χ3v) is 5.86. The number of hydrogen-bond donors (Lipinski definition) is 2. The van der Waals surface area contributed by atoms with Crippen LogP contribution in [-0.2, 0) is 18.9 Å². The normalized spacial score (nSPS) is 30.3. The van der Waals surface area contributed by atoms with Crippen LogP contribution in [0.1, 0.15) is 23.3 Å². The van der Waals surface area contributed by atoms with Crippen molar-refractivity contribution >= 4 is 0 Å². The number of methoxy groups -OCH3 is 4. The summed E-state index contributed by atoms with van der Waals surface area (Å²) in [5.41, 5.74) is 1.66. The number of phenols is 2. The maximum absolute atomic E-state index is 9.95. The van der Waals surface area contributed by atoms with E-state index >= 15 is 0 Å².